The molecular formula is C16H21ClN2O2. The fraction of sp³-hybridized carbons (Fsp3) is 0.562. The lowest BCUT2D eigenvalue weighted by atomic mass is 10.1. The second-order valence-corrected chi connectivity index (χ2v) is 6.41. The van der Waals surface area contributed by atoms with Crippen LogP contribution in [0.25, 0.3) is 0 Å². The molecule has 0 aromatic heterocycles. The summed E-state index contributed by atoms with van der Waals surface area (Å²) in [5.74, 6) is 0.803. The van der Waals surface area contributed by atoms with Crippen molar-refractivity contribution in [1.29, 1.82) is 0 Å². The summed E-state index contributed by atoms with van der Waals surface area (Å²) in [5.41, 5.74) is 1.88. The predicted molar refractivity (Wildman–Crippen MR) is 83.4 cm³/mol. The molecule has 1 aliphatic carbocycles. The second-order valence-electron chi connectivity index (χ2n) is 6.00. The molecule has 114 valence electrons. The van der Waals surface area contributed by atoms with E-state index in [4.69, 9.17) is 16.3 Å². The highest BCUT2D eigenvalue weighted by atomic mass is 35.5. The van der Waals surface area contributed by atoms with Crippen LogP contribution in [0.5, 0.6) is 0 Å². The number of morpholine rings is 1. The Bertz CT molecular complexity index is 529. The summed E-state index contributed by atoms with van der Waals surface area (Å²) in [5, 5.41) is 3.66. The van der Waals surface area contributed by atoms with Crippen LogP contribution in [0.15, 0.2) is 18.2 Å². The van der Waals surface area contributed by atoms with Crippen molar-refractivity contribution in [2.45, 2.75) is 19.9 Å². The minimum Gasteiger partial charge on any atom is -0.379 e. The van der Waals surface area contributed by atoms with Gasteiger partial charge in [-0.3, -0.25) is 9.69 Å². The molecule has 0 spiro atoms. The quantitative estimate of drug-likeness (QED) is 0.930. The van der Waals surface area contributed by atoms with Crippen LogP contribution in [0.1, 0.15) is 18.9 Å². The standard InChI is InChI=1S/C16H21ClN2O2/c1-11-8-14(11)16(20)18-13-3-2-12(15(17)9-13)10-19-4-6-21-7-5-19/h2-3,9,11,14H,4-8,10H2,1H3,(H,18,20). The number of anilines is 1. The minimum absolute atomic E-state index is 0.111. The zero-order chi connectivity index (χ0) is 14.8. The largest absolute Gasteiger partial charge is 0.379 e. The van der Waals surface area contributed by atoms with Gasteiger partial charge in [-0.15, -0.1) is 0 Å². The summed E-state index contributed by atoms with van der Waals surface area (Å²) in [6.07, 6.45) is 0.995. The number of ether oxygens (including phenoxy) is 1. The Hall–Kier alpha value is -1.10. The normalized spacial score (nSPS) is 25.6. The first kappa shape index (κ1) is 14.8. The molecule has 1 amide bonds. The fourth-order valence-electron chi connectivity index (χ4n) is 2.68. The van der Waals surface area contributed by atoms with E-state index < -0.39 is 0 Å². The van der Waals surface area contributed by atoms with Gasteiger partial charge in [-0.1, -0.05) is 24.6 Å². The first-order valence-corrected chi connectivity index (χ1v) is 7.90. The maximum atomic E-state index is 11.9. The van der Waals surface area contributed by atoms with Gasteiger partial charge in [0.05, 0.1) is 13.2 Å². The van der Waals surface area contributed by atoms with Crippen LogP contribution in [0.2, 0.25) is 5.02 Å². The first-order chi connectivity index (χ1) is 10.1. The molecule has 2 atom stereocenters. The van der Waals surface area contributed by atoms with E-state index in [9.17, 15) is 4.79 Å². The van der Waals surface area contributed by atoms with Gasteiger partial charge in [-0.25, -0.2) is 0 Å². The summed E-state index contributed by atoms with van der Waals surface area (Å²) in [6.45, 7) is 6.37. The van der Waals surface area contributed by atoms with Crippen molar-refractivity contribution in [1.82, 2.24) is 4.90 Å². The fourth-order valence-corrected chi connectivity index (χ4v) is 2.92. The van der Waals surface area contributed by atoms with Crippen LogP contribution in [0.3, 0.4) is 0 Å². The average molecular weight is 309 g/mol. The van der Waals surface area contributed by atoms with Crippen molar-refractivity contribution in [3.05, 3.63) is 28.8 Å². The Balaban J connectivity index is 1.60. The van der Waals surface area contributed by atoms with Crippen LogP contribution < -0.4 is 5.32 Å². The highest BCUT2D eigenvalue weighted by molar-refractivity contribution is 6.31. The Morgan fingerprint density at radius 2 is 2.14 bits per heavy atom. The van der Waals surface area contributed by atoms with E-state index in [1.54, 1.807) is 0 Å². The number of carbonyl (C=O) groups excluding carboxylic acids is 1. The molecule has 3 rings (SSSR count). The third-order valence-corrected chi connectivity index (χ3v) is 4.62. The van der Waals surface area contributed by atoms with Crippen LogP contribution in [-0.4, -0.2) is 37.1 Å². The molecule has 1 saturated carbocycles. The number of carbonyl (C=O) groups is 1. The molecule has 1 aliphatic heterocycles. The number of hydrogen-bond donors (Lipinski definition) is 1. The Kier molecular flexibility index (Phi) is 4.48. The van der Waals surface area contributed by atoms with E-state index in [1.807, 2.05) is 18.2 Å². The van der Waals surface area contributed by atoms with Crippen LogP contribution in [0, 0.1) is 11.8 Å². The van der Waals surface area contributed by atoms with Gasteiger partial charge in [-0.2, -0.15) is 0 Å². The zero-order valence-electron chi connectivity index (χ0n) is 12.3. The lowest BCUT2D eigenvalue weighted by Gasteiger charge is -2.27. The minimum atomic E-state index is 0.111. The van der Waals surface area contributed by atoms with E-state index in [0.29, 0.717) is 10.9 Å². The van der Waals surface area contributed by atoms with Crippen LogP contribution >= 0.6 is 11.6 Å². The maximum absolute atomic E-state index is 11.9. The topological polar surface area (TPSA) is 41.6 Å². The van der Waals surface area contributed by atoms with Crippen molar-refractivity contribution in [3.63, 3.8) is 0 Å². The van der Waals surface area contributed by atoms with Gasteiger partial charge in [0.15, 0.2) is 0 Å². The molecule has 5 heteroatoms. The zero-order valence-corrected chi connectivity index (χ0v) is 13.0. The summed E-state index contributed by atoms with van der Waals surface area (Å²) in [6, 6.07) is 5.79. The SMILES string of the molecule is CC1CC1C(=O)Nc1ccc(CN2CCOCC2)c(Cl)c1. The molecule has 2 aliphatic rings. The summed E-state index contributed by atoms with van der Waals surface area (Å²) < 4.78 is 5.35. The number of halogens is 1. The van der Waals surface area contributed by atoms with Crippen molar-refractivity contribution in [2.75, 3.05) is 31.6 Å². The molecule has 0 bridgehead atoms. The third-order valence-electron chi connectivity index (χ3n) is 4.26. The number of benzene rings is 1. The van der Waals surface area contributed by atoms with Crippen LogP contribution in [0.4, 0.5) is 5.69 Å². The molecule has 4 nitrogen and oxygen atoms in total. The predicted octanol–water partition coefficient (Wildman–Crippen LogP) is 2.77. The Morgan fingerprint density at radius 3 is 2.76 bits per heavy atom. The number of nitrogens with zero attached hydrogens (tertiary/aromatic N) is 1. The summed E-state index contributed by atoms with van der Waals surface area (Å²) in [7, 11) is 0. The van der Waals surface area contributed by atoms with Crippen molar-refractivity contribution >= 4 is 23.2 Å². The lowest BCUT2D eigenvalue weighted by molar-refractivity contribution is -0.117. The van der Waals surface area contributed by atoms with Gasteiger partial charge in [0.1, 0.15) is 0 Å². The number of rotatable bonds is 4. The molecular weight excluding hydrogens is 288 g/mol. The summed E-state index contributed by atoms with van der Waals surface area (Å²) >= 11 is 6.35. The lowest BCUT2D eigenvalue weighted by Crippen LogP contribution is -2.35. The van der Waals surface area contributed by atoms with Gasteiger partial charge in [0.2, 0.25) is 5.91 Å². The third kappa shape index (κ3) is 3.76. The van der Waals surface area contributed by atoms with Gasteiger partial charge in [-0.05, 0) is 30.0 Å². The smallest absolute Gasteiger partial charge is 0.227 e. The van der Waals surface area contributed by atoms with E-state index in [1.165, 1.54) is 0 Å². The molecule has 1 saturated heterocycles. The molecule has 0 radical (unpaired) electrons. The molecule has 1 aromatic rings. The average Bonchev–Trinajstić information content (AvgIpc) is 3.20. The first-order valence-electron chi connectivity index (χ1n) is 7.53. The van der Waals surface area contributed by atoms with Crippen molar-refractivity contribution < 1.29 is 9.53 Å². The van der Waals surface area contributed by atoms with E-state index in [2.05, 4.69) is 17.1 Å². The molecule has 2 unspecified atom stereocenters. The molecule has 1 aromatic carbocycles. The maximum Gasteiger partial charge on any atom is 0.227 e. The number of hydrogen-bond acceptors (Lipinski definition) is 3. The summed E-state index contributed by atoms with van der Waals surface area (Å²) in [4.78, 5) is 14.3. The van der Waals surface area contributed by atoms with E-state index in [-0.39, 0.29) is 11.8 Å². The van der Waals surface area contributed by atoms with Gasteiger partial charge < -0.3 is 10.1 Å². The van der Waals surface area contributed by atoms with Gasteiger partial charge >= 0.3 is 0 Å². The molecule has 1 heterocycles. The number of amides is 1. The van der Waals surface area contributed by atoms with Crippen molar-refractivity contribution in [2.24, 2.45) is 11.8 Å². The number of nitrogens with one attached hydrogen (secondary N) is 1. The monoisotopic (exact) mass is 308 g/mol. The van der Waals surface area contributed by atoms with Gasteiger partial charge in [0, 0.05) is 36.3 Å². The highest BCUT2D eigenvalue weighted by Crippen LogP contribution is 2.38. The highest BCUT2D eigenvalue weighted by Gasteiger charge is 2.39. The second kappa shape index (κ2) is 6.34. The van der Waals surface area contributed by atoms with E-state index >= 15 is 0 Å². The van der Waals surface area contributed by atoms with Gasteiger partial charge in [0.25, 0.3) is 0 Å². The van der Waals surface area contributed by atoms with Crippen molar-refractivity contribution in [3.8, 4) is 0 Å². The molecule has 1 N–H and O–H groups in total. The Morgan fingerprint density at radius 1 is 1.43 bits per heavy atom. The van der Waals surface area contributed by atoms with Crippen LogP contribution in [-0.2, 0) is 16.1 Å². The molecule has 2 fully saturated rings. The molecule has 21 heavy (non-hydrogen) atoms. The Labute approximate surface area is 130 Å². The van der Waals surface area contributed by atoms with E-state index in [0.717, 1.165) is 50.5 Å².